The predicted octanol–water partition coefficient (Wildman–Crippen LogP) is 3.61. The van der Waals surface area contributed by atoms with Crippen molar-refractivity contribution in [2.75, 3.05) is 7.11 Å². The van der Waals surface area contributed by atoms with Gasteiger partial charge in [0.25, 0.3) is 0 Å². The molecule has 3 aromatic rings. The predicted molar refractivity (Wildman–Crippen MR) is 82.3 cm³/mol. The van der Waals surface area contributed by atoms with Crippen LogP contribution in [-0.4, -0.2) is 18.1 Å². The minimum absolute atomic E-state index is 0.315. The summed E-state index contributed by atoms with van der Waals surface area (Å²) >= 11 is 0. The highest BCUT2D eigenvalue weighted by Crippen LogP contribution is 2.19. The van der Waals surface area contributed by atoms with Crippen molar-refractivity contribution in [2.45, 2.75) is 6.42 Å². The monoisotopic (exact) mass is 277 g/mol. The minimum atomic E-state index is -0.315. The number of aromatic nitrogens is 1. The van der Waals surface area contributed by atoms with Gasteiger partial charge in [-0.05, 0) is 29.1 Å². The summed E-state index contributed by atoms with van der Waals surface area (Å²) in [4.78, 5) is 15.9. The molecule has 0 amide bonds. The number of methoxy groups -OCH3 is 1. The Labute approximate surface area is 123 Å². The molecular weight excluding hydrogens is 262 g/mol. The third kappa shape index (κ3) is 2.77. The lowest BCUT2D eigenvalue weighted by molar-refractivity contribution is 0.0600. The first kappa shape index (κ1) is 13.3. The molecule has 3 heteroatoms. The van der Waals surface area contributed by atoms with Crippen LogP contribution in [0.15, 0.2) is 60.8 Å². The molecule has 0 saturated carbocycles. The molecule has 0 atom stereocenters. The van der Waals surface area contributed by atoms with Crippen LogP contribution in [0.4, 0.5) is 0 Å². The van der Waals surface area contributed by atoms with Gasteiger partial charge in [-0.2, -0.15) is 0 Å². The fourth-order valence-corrected chi connectivity index (χ4v) is 2.39. The molecule has 0 unspecified atom stereocenters. The van der Waals surface area contributed by atoms with Crippen LogP contribution in [-0.2, 0) is 11.2 Å². The maximum atomic E-state index is 11.4. The van der Waals surface area contributed by atoms with Gasteiger partial charge < -0.3 is 4.74 Å². The number of nitrogens with zero attached hydrogens (tertiary/aromatic N) is 1. The van der Waals surface area contributed by atoms with E-state index in [0.717, 1.165) is 23.1 Å². The summed E-state index contributed by atoms with van der Waals surface area (Å²) in [5, 5.41) is 2.35. The van der Waals surface area contributed by atoms with Gasteiger partial charge in [0.1, 0.15) is 0 Å². The molecule has 0 fully saturated rings. The van der Waals surface area contributed by atoms with E-state index in [-0.39, 0.29) is 5.97 Å². The molecule has 104 valence electrons. The second-order valence-corrected chi connectivity index (χ2v) is 4.84. The molecule has 0 spiro atoms. The van der Waals surface area contributed by atoms with Gasteiger partial charge in [0.15, 0.2) is 0 Å². The van der Waals surface area contributed by atoms with E-state index in [9.17, 15) is 4.79 Å². The Hall–Kier alpha value is -2.68. The number of fused-ring (bicyclic) bond motifs is 1. The van der Waals surface area contributed by atoms with Crippen LogP contribution >= 0.6 is 0 Å². The average molecular weight is 277 g/mol. The van der Waals surface area contributed by atoms with Crippen molar-refractivity contribution in [1.82, 2.24) is 4.98 Å². The summed E-state index contributed by atoms with van der Waals surface area (Å²) in [7, 11) is 1.39. The van der Waals surface area contributed by atoms with Gasteiger partial charge >= 0.3 is 5.97 Å². The summed E-state index contributed by atoms with van der Waals surface area (Å²) in [6.07, 6.45) is 2.57. The Morgan fingerprint density at radius 2 is 1.81 bits per heavy atom. The van der Waals surface area contributed by atoms with Crippen molar-refractivity contribution in [3.8, 4) is 0 Å². The zero-order chi connectivity index (χ0) is 14.7. The lowest BCUT2D eigenvalue weighted by Gasteiger charge is -2.06. The number of esters is 1. The lowest BCUT2D eigenvalue weighted by Crippen LogP contribution is -2.01. The lowest BCUT2D eigenvalue weighted by atomic mass is 10.0. The van der Waals surface area contributed by atoms with Gasteiger partial charge in [0.05, 0.1) is 18.4 Å². The summed E-state index contributed by atoms with van der Waals surface area (Å²) in [5.74, 6) is -0.315. The van der Waals surface area contributed by atoms with E-state index in [4.69, 9.17) is 4.74 Å². The Morgan fingerprint density at radius 1 is 1.05 bits per heavy atom. The smallest absolute Gasteiger partial charge is 0.337 e. The van der Waals surface area contributed by atoms with E-state index >= 15 is 0 Å². The molecule has 0 radical (unpaired) electrons. The van der Waals surface area contributed by atoms with E-state index in [2.05, 4.69) is 17.1 Å². The van der Waals surface area contributed by atoms with Gasteiger partial charge in [0.2, 0.25) is 0 Å². The second kappa shape index (κ2) is 5.75. The zero-order valence-electron chi connectivity index (χ0n) is 11.7. The van der Waals surface area contributed by atoms with E-state index in [1.54, 1.807) is 12.1 Å². The fourth-order valence-electron chi connectivity index (χ4n) is 2.39. The average Bonchev–Trinajstić information content (AvgIpc) is 2.55. The van der Waals surface area contributed by atoms with Crippen LogP contribution in [0.25, 0.3) is 10.8 Å². The van der Waals surface area contributed by atoms with Crippen molar-refractivity contribution in [2.24, 2.45) is 0 Å². The molecule has 0 aliphatic heterocycles. The van der Waals surface area contributed by atoms with E-state index < -0.39 is 0 Å². The van der Waals surface area contributed by atoms with Gasteiger partial charge in [-0.15, -0.1) is 0 Å². The quantitative estimate of drug-likeness (QED) is 0.686. The fraction of sp³-hybridized carbons (Fsp3) is 0.111. The molecule has 21 heavy (non-hydrogen) atoms. The summed E-state index contributed by atoms with van der Waals surface area (Å²) in [6.45, 7) is 0. The highest BCUT2D eigenvalue weighted by Gasteiger charge is 2.06. The number of carbonyl (C=O) groups is 1. The number of ether oxygens (including phenoxy) is 1. The Bertz CT molecular complexity index is 773. The number of rotatable bonds is 3. The zero-order valence-corrected chi connectivity index (χ0v) is 11.7. The maximum Gasteiger partial charge on any atom is 0.337 e. The van der Waals surface area contributed by atoms with Crippen LogP contribution in [0.3, 0.4) is 0 Å². The highest BCUT2D eigenvalue weighted by atomic mass is 16.5. The Kier molecular flexibility index (Phi) is 3.65. The molecular formula is C18H15NO2. The van der Waals surface area contributed by atoms with Crippen molar-refractivity contribution >= 4 is 16.7 Å². The van der Waals surface area contributed by atoms with Crippen molar-refractivity contribution in [3.05, 3.63) is 77.6 Å². The normalized spacial score (nSPS) is 10.5. The third-order valence-electron chi connectivity index (χ3n) is 3.50. The molecule has 2 aromatic carbocycles. The molecule has 0 N–H and O–H groups in total. The first-order chi connectivity index (χ1) is 10.3. The van der Waals surface area contributed by atoms with Crippen molar-refractivity contribution < 1.29 is 9.53 Å². The van der Waals surface area contributed by atoms with Gasteiger partial charge in [-0.25, -0.2) is 4.79 Å². The van der Waals surface area contributed by atoms with E-state index in [1.165, 1.54) is 12.5 Å². The number of carbonyl (C=O) groups excluding carboxylic acids is 1. The molecule has 3 rings (SSSR count). The first-order valence-corrected chi connectivity index (χ1v) is 6.78. The number of hydrogen-bond donors (Lipinski definition) is 0. The maximum absolute atomic E-state index is 11.4. The molecule has 0 aliphatic rings. The standard InChI is InChI=1S/C18H15NO2/c1-21-18(20)15-8-6-13(7-9-15)12-17-16-5-3-2-4-14(16)10-11-19-17/h2-11H,12H2,1H3. The van der Waals surface area contributed by atoms with Gasteiger partial charge in [-0.3, -0.25) is 4.98 Å². The molecule has 0 bridgehead atoms. The molecule has 3 nitrogen and oxygen atoms in total. The van der Waals surface area contributed by atoms with Crippen LogP contribution < -0.4 is 0 Å². The molecule has 0 aliphatic carbocycles. The topological polar surface area (TPSA) is 39.2 Å². The number of hydrogen-bond acceptors (Lipinski definition) is 3. The SMILES string of the molecule is COC(=O)c1ccc(Cc2nccc3ccccc23)cc1. The van der Waals surface area contributed by atoms with Crippen molar-refractivity contribution in [1.29, 1.82) is 0 Å². The second-order valence-electron chi connectivity index (χ2n) is 4.84. The molecule has 1 heterocycles. The third-order valence-corrected chi connectivity index (χ3v) is 3.50. The molecule has 0 saturated heterocycles. The number of pyridine rings is 1. The highest BCUT2D eigenvalue weighted by molar-refractivity contribution is 5.89. The van der Waals surface area contributed by atoms with E-state index in [0.29, 0.717) is 5.56 Å². The van der Waals surface area contributed by atoms with Crippen LogP contribution in [0, 0.1) is 0 Å². The summed E-state index contributed by atoms with van der Waals surface area (Å²) in [5.41, 5.74) is 2.72. The van der Waals surface area contributed by atoms with Crippen LogP contribution in [0.1, 0.15) is 21.6 Å². The summed E-state index contributed by atoms with van der Waals surface area (Å²) in [6, 6.07) is 17.7. The van der Waals surface area contributed by atoms with Crippen molar-refractivity contribution in [3.63, 3.8) is 0 Å². The Balaban J connectivity index is 1.90. The van der Waals surface area contributed by atoms with Crippen LogP contribution in [0.2, 0.25) is 0 Å². The largest absolute Gasteiger partial charge is 0.465 e. The minimum Gasteiger partial charge on any atom is -0.465 e. The van der Waals surface area contributed by atoms with Gasteiger partial charge in [-0.1, -0.05) is 36.4 Å². The van der Waals surface area contributed by atoms with E-state index in [1.807, 2.05) is 36.5 Å². The number of benzene rings is 2. The molecule has 1 aromatic heterocycles. The Morgan fingerprint density at radius 3 is 2.57 bits per heavy atom. The first-order valence-electron chi connectivity index (χ1n) is 6.78. The van der Waals surface area contributed by atoms with Crippen LogP contribution in [0.5, 0.6) is 0 Å². The summed E-state index contributed by atoms with van der Waals surface area (Å²) < 4.78 is 4.70. The van der Waals surface area contributed by atoms with Gasteiger partial charge in [0, 0.05) is 18.0 Å².